The van der Waals surface area contributed by atoms with Gasteiger partial charge in [-0.3, -0.25) is 4.84 Å². The third-order valence-corrected chi connectivity index (χ3v) is 3.40. The van der Waals surface area contributed by atoms with Crippen molar-refractivity contribution in [2.45, 2.75) is 46.1 Å². The highest BCUT2D eigenvalue weighted by Gasteiger charge is 2.27. The van der Waals surface area contributed by atoms with Gasteiger partial charge in [-0.1, -0.05) is 43.6 Å². The van der Waals surface area contributed by atoms with E-state index in [4.69, 9.17) is 16.4 Å². The summed E-state index contributed by atoms with van der Waals surface area (Å²) < 4.78 is 0. The third kappa shape index (κ3) is 5.21. The van der Waals surface area contributed by atoms with Crippen molar-refractivity contribution < 1.29 is 9.63 Å². The van der Waals surface area contributed by atoms with E-state index in [0.717, 1.165) is 18.4 Å². The van der Waals surface area contributed by atoms with Crippen LogP contribution < -0.4 is 5.32 Å². The average Bonchev–Trinajstić information content (AvgIpc) is 2.43. The highest BCUT2D eigenvalue weighted by atomic mass is 35.5. The minimum atomic E-state index is -0.572. The van der Waals surface area contributed by atoms with Gasteiger partial charge in [0.2, 0.25) is 0 Å². The van der Waals surface area contributed by atoms with Crippen molar-refractivity contribution in [3.63, 3.8) is 0 Å². The zero-order chi connectivity index (χ0) is 15.9. The van der Waals surface area contributed by atoms with Crippen LogP contribution in [0, 0.1) is 0 Å². The van der Waals surface area contributed by atoms with Gasteiger partial charge in [0.05, 0.1) is 18.7 Å². The normalized spacial score (nSPS) is 11.3. The minimum Gasteiger partial charge on any atom is -0.327 e. The van der Waals surface area contributed by atoms with Gasteiger partial charge in [0.1, 0.15) is 0 Å². The lowest BCUT2D eigenvalue weighted by molar-refractivity contribution is -0.118. The van der Waals surface area contributed by atoms with E-state index in [1.54, 1.807) is 0 Å². The first-order valence-corrected chi connectivity index (χ1v) is 7.77. The number of nitrogens with one attached hydrogen (secondary N) is 1. The molecule has 4 nitrogen and oxygen atoms in total. The molecule has 0 fully saturated rings. The number of nitrogens with zero attached hydrogens (tertiary/aromatic N) is 1. The fourth-order valence-corrected chi connectivity index (χ4v) is 2.37. The number of hydrogen-bond donors (Lipinski definition) is 1. The Morgan fingerprint density at radius 3 is 2.52 bits per heavy atom. The summed E-state index contributed by atoms with van der Waals surface area (Å²) in [4.78, 5) is 17.9. The van der Waals surface area contributed by atoms with Crippen LogP contribution in [0.5, 0.6) is 0 Å². The van der Waals surface area contributed by atoms with Crippen LogP contribution in [0.3, 0.4) is 0 Å². The molecule has 0 heterocycles. The Bertz CT molecular complexity index is 463. The topological polar surface area (TPSA) is 41.6 Å². The van der Waals surface area contributed by atoms with E-state index in [9.17, 15) is 4.79 Å². The molecule has 0 unspecified atom stereocenters. The molecule has 0 aliphatic rings. The molecule has 5 heteroatoms. The van der Waals surface area contributed by atoms with Crippen molar-refractivity contribution in [3.8, 4) is 0 Å². The predicted molar refractivity (Wildman–Crippen MR) is 86.2 cm³/mol. The molecule has 118 valence electrons. The number of hydroxylamine groups is 2. The van der Waals surface area contributed by atoms with Gasteiger partial charge in [-0.2, -0.15) is 0 Å². The number of carbonyl (C=O) groups excluding carboxylic acids is 1. The monoisotopic (exact) mass is 312 g/mol. The summed E-state index contributed by atoms with van der Waals surface area (Å²) in [5, 5.41) is 5.01. The number of hydrogen-bond acceptors (Lipinski definition) is 2. The van der Waals surface area contributed by atoms with Crippen LogP contribution in [0.2, 0.25) is 5.02 Å². The Balaban J connectivity index is 2.81. The maximum absolute atomic E-state index is 12.4. The zero-order valence-electron chi connectivity index (χ0n) is 13.3. The molecular weight excluding hydrogens is 288 g/mol. The highest BCUT2D eigenvalue weighted by Crippen LogP contribution is 2.27. The van der Waals surface area contributed by atoms with Gasteiger partial charge in [0.15, 0.2) is 0 Å². The SMILES string of the molecule is CCCON(CCC)C(=O)NC(C)(C)c1ccccc1Cl. The van der Waals surface area contributed by atoms with Crippen molar-refractivity contribution in [2.24, 2.45) is 0 Å². The minimum absolute atomic E-state index is 0.241. The maximum Gasteiger partial charge on any atom is 0.342 e. The largest absolute Gasteiger partial charge is 0.342 e. The summed E-state index contributed by atoms with van der Waals surface area (Å²) in [5.41, 5.74) is 0.309. The molecule has 2 amide bonds. The van der Waals surface area contributed by atoms with Crippen LogP contribution in [0.15, 0.2) is 24.3 Å². The Hall–Kier alpha value is -1.26. The smallest absolute Gasteiger partial charge is 0.327 e. The summed E-state index contributed by atoms with van der Waals surface area (Å²) in [7, 11) is 0. The molecule has 21 heavy (non-hydrogen) atoms. The van der Waals surface area contributed by atoms with Crippen LogP contribution in [0.1, 0.15) is 46.1 Å². The Labute approximate surface area is 132 Å². The van der Waals surface area contributed by atoms with Crippen molar-refractivity contribution in [2.75, 3.05) is 13.2 Å². The van der Waals surface area contributed by atoms with Crippen LogP contribution in [-0.2, 0) is 10.4 Å². The number of urea groups is 1. The quantitative estimate of drug-likeness (QED) is 0.761. The maximum atomic E-state index is 12.4. The first-order chi connectivity index (χ1) is 9.92. The summed E-state index contributed by atoms with van der Waals surface area (Å²) >= 11 is 6.22. The van der Waals surface area contributed by atoms with Gasteiger partial charge in [-0.25, -0.2) is 9.86 Å². The molecule has 0 aromatic heterocycles. The van der Waals surface area contributed by atoms with E-state index in [0.29, 0.717) is 18.2 Å². The fraction of sp³-hybridized carbons (Fsp3) is 0.562. The second kappa shape index (κ2) is 8.25. The summed E-state index contributed by atoms with van der Waals surface area (Å²) in [5.74, 6) is 0. The second-order valence-electron chi connectivity index (χ2n) is 5.47. The number of carbonyl (C=O) groups is 1. The van der Waals surface area contributed by atoms with Crippen molar-refractivity contribution in [1.29, 1.82) is 0 Å². The molecule has 0 saturated carbocycles. The molecule has 1 aromatic carbocycles. The number of halogens is 1. The van der Waals surface area contributed by atoms with E-state index in [1.807, 2.05) is 52.0 Å². The van der Waals surface area contributed by atoms with Gasteiger partial charge in [0.25, 0.3) is 0 Å². The van der Waals surface area contributed by atoms with Gasteiger partial charge >= 0.3 is 6.03 Å². The molecule has 0 saturated heterocycles. The van der Waals surface area contributed by atoms with Crippen molar-refractivity contribution in [3.05, 3.63) is 34.9 Å². The molecule has 0 radical (unpaired) electrons. The third-order valence-electron chi connectivity index (χ3n) is 3.07. The van der Waals surface area contributed by atoms with Crippen molar-refractivity contribution >= 4 is 17.6 Å². The van der Waals surface area contributed by atoms with Gasteiger partial charge in [0, 0.05) is 5.02 Å². The zero-order valence-corrected chi connectivity index (χ0v) is 14.0. The Morgan fingerprint density at radius 2 is 1.95 bits per heavy atom. The van der Waals surface area contributed by atoms with Crippen LogP contribution in [-0.4, -0.2) is 24.2 Å². The standard InChI is InChI=1S/C16H25ClN2O2/c1-5-11-19(21-12-6-2)15(20)18-16(3,4)13-9-7-8-10-14(13)17/h7-10H,5-6,11-12H2,1-4H3,(H,18,20). The highest BCUT2D eigenvalue weighted by molar-refractivity contribution is 6.31. The lowest BCUT2D eigenvalue weighted by atomic mass is 9.94. The molecule has 1 rings (SSSR count). The van der Waals surface area contributed by atoms with E-state index in [-0.39, 0.29) is 6.03 Å². The van der Waals surface area contributed by atoms with Crippen LogP contribution in [0.25, 0.3) is 0 Å². The number of benzene rings is 1. The van der Waals surface area contributed by atoms with Gasteiger partial charge < -0.3 is 5.32 Å². The fourth-order valence-electron chi connectivity index (χ4n) is 1.99. The van der Waals surface area contributed by atoms with E-state index < -0.39 is 5.54 Å². The van der Waals surface area contributed by atoms with Gasteiger partial charge in [-0.05, 0) is 38.3 Å². The van der Waals surface area contributed by atoms with Crippen LogP contribution in [0.4, 0.5) is 4.79 Å². The summed E-state index contributed by atoms with van der Waals surface area (Å²) in [6, 6.07) is 7.28. The number of rotatable bonds is 7. The first kappa shape index (κ1) is 17.8. The van der Waals surface area contributed by atoms with E-state index in [2.05, 4.69) is 5.32 Å². The van der Waals surface area contributed by atoms with Crippen molar-refractivity contribution in [1.82, 2.24) is 10.4 Å². The molecule has 0 bridgehead atoms. The van der Waals surface area contributed by atoms with E-state index >= 15 is 0 Å². The lowest BCUT2D eigenvalue weighted by Crippen LogP contribution is -2.48. The Morgan fingerprint density at radius 1 is 1.29 bits per heavy atom. The molecule has 1 N–H and O–H groups in total. The van der Waals surface area contributed by atoms with Crippen LogP contribution >= 0.6 is 11.6 Å². The first-order valence-electron chi connectivity index (χ1n) is 7.40. The Kier molecular flexibility index (Phi) is 6.99. The summed E-state index contributed by atoms with van der Waals surface area (Å²) in [6.45, 7) is 8.96. The molecule has 1 aromatic rings. The molecule has 0 aliphatic heterocycles. The summed E-state index contributed by atoms with van der Waals surface area (Å²) in [6.07, 6.45) is 1.70. The number of amides is 2. The second-order valence-corrected chi connectivity index (χ2v) is 5.88. The molecule has 0 atom stereocenters. The average molecular weight is 313 g/mol. The molecule has 0 spiro atoms. The predicted octanol–water partition coefficient (Wildman–Crippen LogP) is 4.34. The molecule has 0 aliphatic carbocycles. The lowest BCUT2D eigenvalue weighted by Gasteiger charge is -2.31. The van der Waals surface area contributed by atoms with Gasteiger partial charge in [-0.15, -0.1) is 0 Å². The van der Waals surface area contributed by atoms with E-state index in [1.165, 1.54) is 5.06 Å². The molecular formula is C16H25ClN2O2.